The van der Waals surface area contributed by atoms with Gasteiger partial charge in [-0.15, -0.1) is 17.9 Å². The molecule has 0 atom stereocenters. The Kier molecular flexibility index (Phi) is 4.36. The molecule has 0 fully saturated rings. The molecular formula is C15H12N4OS2. The molecule has 0 aliphatic carbocycles. The van der Waals surface area contributed by atoms with Crippen LogP contribution in [0.1, 0.15) is 10.5 Å². The van der Waals surface area contributed by atoms with Crippen molar-refractivity contribution in [3.8, 4) is 11.3 Å². The third-order valence-corrected chi connectivity index (χ3v) is 4.27. The van der Waals surface area contributed by atoms with E-state index in [9.17, 15) is 4.79 Å². The number of carbonyl (C=O) groups excluding carboxylic acids is 1. The second-order valence-electron chi connectivity index (χ2n) is 4.38. The Labute approximate surface area is 135 Å². The van der Waals surface area contributed by atoms with Crippen LogP contribution in [0.25, 0.3) is 11.3 Å². The van der Waals surface area contributed by atoms with Gasteiger partial charge < -0.3 is 0 Å². The molecule has 1 aromatic carbocycles. The monoisotopic (exact) mass is 328 g/mol. The molecule has 3 aromatic rings. The minimum atomic E-state index is -0.220. The fourth-order valence-corrected chi connectivity index (χ4v) is 3.15. The van der Waals surface area contributed by atoms with E-state index in [4.69, 9.17) is 0 Å². The van der Waals surface area contributed by atoms with Gasteiger partial charge in [-0.2, -0.15) is 8.75 Å². The van der Waals surface area contributed by atoms with Crippen molar-refractivity contribution < 1.29 is 4.79 Å². The Bertz CT molecular complexity index is 768. The summed E-state index contributed by atoms with van der Waals surface area (Å²) < 4.78 is 7.86. The summed E-state index contributed by atoms with van der Waals surface area (Å²) >= 11 is 2.43. The molecule has 0 spiro atoms. The summed E-state index contributed by atoms with van der Waals surface area (Å²) in [5, 5.41) is 2.56. The highest BCUT2D eigenvalue weighted by Gasteiger charge is 2.21. The van der Waals surface area contributed by atoms with Gasteiger partial charge in [-0.3, -0.25) is 9.69 Å². The summed E-state index contributed by atoms with van der Waals surface area (Å²) in [5.74, 6) is -0.220. The zero-order chi connectivity index (χ0) is 15.4. The zero-order valence-electron chi connectivity index (χ0n) is 11.5. The van der Waals surface area contributed by atoms with Gasteiger partial charge in [0, 0.05) is 17.5 Å². The number of thiazole rings is 1. The third-order valence-electron chi connectivity index (χ3n) is 2.93. The minimum Gasteiger partial charge on any atom is -0.279 e. The summed E-state index contributed by atoms with van der Waals surface area (Å²) in [5.41, 5.74) is 2.19. The fourth-order valence-electron chi connectivity index (χ4n) is 1.90. The van der Waals surface area contributed by atoms with Gasteiger partial charge >= 0.3 is 0 Å². The number of hydrogen-bond donors (Lipinski definition) is 0. The topological polar surface area (TPSA) is 59.0 Å². The van der Waals surface area contributed by atoms with Gasteiger partial charge in [0.2, 0.25) is 0 Å². The summed E-state index contributed by atoms with van der Waals surface area (Å²) in [6.45, 7) is 4.08. The second-order valence-corrected chi connectivity index (χ2v) is 5.77. The van der Waals surface area contributed by atoms with Crippen molar-refractivity contribution in [3.05, 3.63) is 60.3 Å². The van der Waals surface area contributed by atoms with Crippen molar-refractivity contribution in [1.82, 2.24) is 13.7 Å². The van der Waals surface area contributed by atoms with Crippen LogP contribution >= 0.6 is 23.1 Å². The number of benzene rings is 1. The van der Waals surface area contributed by atoms with Crippen LogP contribution in [0, 0.1) is 0 Å². The highest BCUT2D eigenvalue weighted by Crippen LogP contribution is 2.28. The molecule has 0 bridgehead atoms. The van der Waals surface area contributed by atoms with Crippen LogP contribution in [0.4, 0.5) is 5.13 Å². The number of hydrogen-bond acceptors (Lipinski definition) is 6. The SMILES string of the molecule is C=CCN(C(=O)c1cnsn1)c1nc(-c2ccccc2)cs1. The van der Waals surface area contributed by atoms with Crippen molar-refractivity contribution in [3.63, 3.8) is 0 Å². The lowest BCUT2D eigenvalue weighted by Crippen LogP contribution is -2.31. The lowest BCUT2D eigenvalue weighted by Gasteiger charge is -2.16. The van der Waals surface area contributed by atoms with Crippen LogP contribution in [-0.4, -0.2) is 26.2 Å². The molecule has 2 aromatic heterocycles. The Morgan fingerprint density at radius 2 is 2.14 bits per heavy atom. The van der Waals surface area contributed by atoms with Crippen LogP contribution in [0.15, 0.2) is 54.6 Å². The van der Waals surface area contributed by atoms with E-state index in [-0.39, 0.29) is 5.91 Å². The van der Waals surface area contributed by atoms with E-state index in [0.717, 1.165) is 23.0 Å². The van der Waals surface area contributed by atoms with Crippen LogP contribution in [0.3, 0.4) is 0 Å². The Morgan fingerprint density at radius 1 is 1.32 bits per heavy atom. The van der Waals surface area contributed by atoms with Crippen molar-refractivity contribution in [2.75, 3.05) is 11.4 Å². The maximum atomic E-state index is 12.5. The molecule has 0 N–H and O–H groups in total. The summed E-state index contributed by atoms with van der Waals surface area (Å²) in [4.78, 5) is 18.6. The molecule has 2 heterocycles. The summed E-state index contributed by atoms with van der Waals surface area (Å²) in [7, 11) is 0. The van der Waals surface area contributed by atoms with E-state index in [0.29, 0.717) is 17.4 Å². The summed E-state index contributed by atoms with van der Waals surface area (Å²) in [6, 6.07) is 9.86. The molecule has 1 amide bonds. The second kappa shape index (κ2) is 6.59. The maximum Gasteiger partial charge on any atom is 0.281 e. The van der Waals surface area contributed by atoms with E-state index in [1.807, 2.05) is 35.7 Å². The van der Waals surface area contributed by atoms with Gasteiger partial charge in [0.25, 0.3) is 5.91 Å². The lowest BCUT2D eigenvalue weighted by molar-refractivity contribution is 0.0986. The molecule has 0 unspecified atom stereocenters. The number of aromatic nitrogens is 3. The van der Waals surface area contributed by atoms with Crippen molar-refractivity contribution in [2.45, 2.75) is 0 Å². The first-order valence-corrected chi connectivity index (χ1v) is 8.12. The Hall–Kier alpha value is -2.38. The molecule has 0 saturated heterocycles. The number of carbonyl (C=O) groups is 1. The average Bonchev–Trinajstić information content (AvgIpc) is 3.24. The van der Waals surface area contributed by atoms with E-state index in [1.165, 1.54) is 17.5 Å². The first-order chi connectivity index (χ1) is 10.8. The van der Waals surface area contributed by atoms with Gasteiger partial charge in [-0.05, 0) is 0 Å². The van der Waals surface area contributed by atoms with Crippen LogP contribution in [0.5, 0.6) is 0 Å². The van der Waals surface area contributed by atoms with E-state index in [1.54, 1.807) is 11.0 Å². The normalized spacial score (nSPS) is 10.4. The molecule has 3 rings (SSSR count). The number of nitrogens with zero attached hydrogens (tertiary/aromatic N) is 4. The van der Waals surface area contributed by atoms with E-state index < -0.39 is 0 Å². The first kappa shape index (κ1) is 14.6. The number of anilines is 1. The molecule has 0 saturated carbocycles. The molecule has 0 aliphatic heterocycles. The fraction of sp³-hybridized carbons (Fsp3) is 0.0667. The zero-order valence-corrected chi connectivity index (χ0v) is 13.2. The van der Waals surface area contributed by atoms with Gasteiger partial charge in [0.15, 0.2) is 10.8 Å². The van der Waals surface area contributed by atoms with Gasteiger partial charge in [0.1, 0.15) is 0 Å². The minimum absolute atomic E-state index is 0.220. The predicted molar refractivity (Wildman–Crippen MR) is 89.3 cm³/mol. The van der Waals surface area contributed by atoms with Crippen molar-refractivity contribution in [2.24, 2.45) is 0 Å². The van der Waals surface area contributed by atoms with Crippen LogP contribution in [0.2, 0.25) is 0 Å². The average molecular weight is 328 g/mol. The lowest BCUT2D eigenvalue weighted by atomic mass is 10.2. The standard InChI is InChI=1S/C15H12N4OS2/c1-2-8-19(14(20)12-9-16-22-18-12)15-17-13(10-21-15)11-6-4-3-5-7-11/h2-7,9-10H,1,8H2. The van der Waals surface area contributed by atoms with Crippen molar-refractivity contribution >= 4 is 34.1 Å². The summed E-state index contributed by atoms with van der Waals surface area (Å²) in [6.07, 6.45) is 3.14. The first-order valence-electron chi connectivity index (χ1n) is 6.51. The van der Waals surface area contributed by atoms with Gasteiger partial charge in [0.05, 0.1) is 23.6 Å². The third kappa shape index (κ3) is 2.95. The maximum absolute atomic E-state index is 12.5. The highest BCUT2D eigenvalue weighted by molar-refractivity contribution is 7.14. The smallest absolute Gasteiger partial charge is 0.279 e. The predicted octanol–water partition coefficient (Wildman–Crippen LogP) is 3.49. The molecular weight excluding hydrogens is 316 g/mol. The van der Waals surface area contributed by atoms with E-state index in [2.05, 4.69) is 20.3 Å². The largest absolute Gasteiger partial charge is 0.281 e. The highest BCUT2D eigenvalue weighted by atomic mass is 32.1. The van der Waals surface area contributed by atoms with Gasteiger partial charge in [-0.1, -0.05) is 36.4 Å². The molecule has 0 radical (unpaired) electrons. The molecule has 0 aliphatic rings. The van der Waals surface area contributed by atoms with Crippen LogP contribution in [-0.2, 0) is 0 Å². The Morgan fingerprint density at radius 3 is 2.82 bits per heavy atom. The molecule has 5 nitrogen and oxygen atoms in total. The number of rotatable bonds is 5. The molecule has 7 heteroatoms. The van der Waals surface area contributed by atoms with Crippen LogP contribution < -0.4 is 4.90 Å². The van der Waals surface area contributed by atoms with E-state index >= 15 is 0 Å². The quantitative estimate of drug-likeness (QED) is 0.673. The Balaban J connectivity index is 1.91. The molecule has 110 valence electrons. The number of amides is 1. The van der Waals surface area contributed by atoms with Crippen molar-refractivity contribution in [1.29, 1.82) is 0 Å². The van der Waals surface area contributed by atoms with Gasteiger partial charge in [-0.25, -0.2) is 4.98 Å². The molecule has 22 heavy (non-hydrogen) atoms.